The largest absolute Gasteiger partial charge is 0.352 e. The van der Waals surface area contributed by atoms with Crippen molar-refractivity contribution in [2.45, 2.75) is 19.4 Å². The van der Waals surface area contributed by atoms with E-state index in [1.54, 1.807) is 23.9 Å². The van der Waals surface area contributed by atoms with Gasteiger partial charge in [0.2, 0.25) is 5.91 Å². The lowest BCUT2D eigenvalue weighted by Gasteiger charge is -2.17. The van der Waals surface area contributed by atoms with Crippen LogP contribution in [0.2, 0.25) is 5.02 Å². The summed E-state index contributed by atoms with van der Waals surface area (Å²) in [7, 11) is 0. The quantitative estimate of drug-likeness (QED) is 0.753. The molecule has 0 unspecified atom stereocenters. The summed E-state index contributed by atoms with van der Waals surface area (Å²) in [5.41, 5.74) is 6.60. The SMILES string of the molecule is CSCC[C@H](NC(N)=O)C(=O)Nc1ccc(C)cc1Cl. The van der Waals surface area contributed by atoms with E-state index in [0.717, 1.165) is 11.3 Å². The number of anilines is 1. The Bertz CT molecular complexity index is 497. The Labute approximate surface area is 127 Å². The van der Waals surface area contributed by atoms with Crippen molar-refractivity contribution in [3.8, 4) is 0 Å². The number of carbonyl (C=O) groups excluding carboxylic acids is 2. The van der Waals surface area contributed by atoms with Gasteiger partial charge in [0.15, 0.2) is 0 Å². The molecular weight excluding hydrogens is 298 g/mol. The first-order valence-electron chi connectivity index (χ1n) is 6.06. The van der Waals surface area contributed by atoms with Crippen LogP contribution >= 0.6 is 23.4 Å². The van der Waals surface area contributed by atoms with E-state index in [-0.39, 0.29) is 5.91 Å². The van der Waals surface area contributed by atoms with E-state index >= 15 is 0 Å². The average molecular weight is 316 g/mol. The molecule has 110 valence electrons. The number of urea groups is 1. The third-order valence-electron chi connectivity index (χ3n) is 2.63. The number of hydrogen-bond acceptors (Lipinski definition) is 3. The van der Waals surface area contributed by atoms with Gasteiger partial charge in [0.1, 0.15) is 6.04 Å². The Kier molecular flexibility index (Phi) is 6.67. The number of nitrogens with one attached hydrogen (secondary N) is 2. The van der Waals surface area contributed by atoms with Gasteiger partial charge in [0, 0.05) is 0 Å². The Morgan fingerprint density at radius 3 is 2.70 bits per heavy atom. The number of halogens is 1. The van der Waals surface area contributed by atoms with Crippen molar-refractivity contribution in [2.75, 3.05) is 17.3 Å². The van der Waals surface area contributed by atoms with Gasteiger partial charge in [0.05, 0.1) is 10.7 Å². The molecule has 0 radical (unpaired) electrons. The molecule has 3 amide bonds. The zero-order chi connectivity index (χ0) is 15.1. The van der Waals surface area contributed by atoms with Crippen LogP contribution in [-0.2, 0) is 4.79 Å². The minimum Gasteiger partial charge on any atom is -0.352 e. The van der Waals surface area contributed by atoms with Gasteiger partial charge in [-0.15, -0.1) is 0 Å². The summed E-state index contributed by atoms with van der Waals surface area (Å²) in [4.78, 5) is 23.1. The van der Waals surface area contributed by atoms with E-state index in [2.05, 4.69) is 10.6 Å². The Balaban J connectivity index is 2.76. The monoisotopic (exact) mass is 315 g/mol. The summed E-state index contributed by atoms with van der Waals surface area (Å²) in [6, 6.07) is 3.94. The fourth-order valence-electron chi connectivity index (χ4n) is 1.62. The second kappa shape index (κ2) is 8.01. The summed E-state index contributed by atoms with van der Waals surface area (Å²) in [6.45, 7) is 1.91. The standard InChI is InChI=1S/C13H18ClN3O2S/c1-8-3-4-10(9(14)7-8)16-12(18)11(5-6-20-2)17-13(15)19/h3-4,7,11H,5-6H2,1-2H3,(H,16,18)(H3,15,17,19)/t11-/m0/s1. The number of carbonyl (C=O) groups is 2. The number of primary amides is 1. The van der Waals surface area contributed by atoms with E-state index in [0.29, 0.717) is 17.1 Å². The van der Waals surface area contributed by atoms with E-state index in [1.807, 2.05) is 19.2 Å². The second-order valence-corrected chi connectivity index (χ2v) is 5.71. The van der Waals surface area contributed by atoms with Gasteiger partial charge in [-0.2, -0.15) is 11.8 Å². The molecule has 20 heavy (non-hydrogen) atoms. The molecule has 0 saturated heterocycles. The van der Waals surface area contributed by atoms with E-state index in [4.69, 9.17) is 17.3 Å². The van der Waals surface area contributed by atoms with Crippen molar-refractivity contribution in [1.29, 1.82) is 0 Å². The number of thioether (sulfide) groups is 1. The molecule has 0 aliphatic rings. The van der Waals surface area contributed by atoms with Crippen LogP contribution in [0.4, 0.5) is 10.5 Å². The van der Waals surface area contributed by atoms with Gasteiger partial charge in [0.25, 0.3) is 0 Å². The van der Waals surface area contributed by atoms with E-state index in [9.17, 15) is 9.59 Å². The van der Waals surface area contributed by atoms with Crippen molar-refractivity contribution in [1.82, 2.24) is 5.32 Å². The molecule has 1 aromatic rings. The molecule has 0 aliphatic carbocycles. The van der Waals surface area contributed by atoms with Gasteiger partial charge >= 0.3 is 6.03 Å². The molecule has 0 saturated carbocycles. The highest BCUT2D eigenvalue weighted by molar-refractivity contribution is 7.98. The number of aryl methyl sites for hydroxylation is 1. The summed E-state index contributed by atoms with van der Waals surface area (Å²) in [6.07, 6.45) is 2.43. The van der Waals surface area contributed by atoms with Gasteiger partial charge in [-0.3, -0.25) is 4.79 Å². The zero-order valence-corrected chi connectivity index (χ0v) is 13.0. The number of hydrogen-bond donors (Lipinski definition) is 3. The van der Waals surface area contributed by atoms with E-state index in [1.165, 1.54) is 0 Å². The van der Waals surface area contributed by atoms with Crippen LogP contribution in [0.1, 0.15) is 12.0 Å². The molecule has 1 rings (SSSR count). The molecule has 0 fully saturated rings. The highest BCUT2D eigenvalue weighted by atomic mass is 35.5. The molecule has 5 nitrogen and oxygen atoms in total. The van der Waals surface area contributed by atoms with Gasteiger partial charge < -0.3 is 16.4 Å². The number of amides is 3. The number of benzene rings is 1. The lowest BCUT2D eigenvalue weighted by molar-refractivity contribution is -0.117. The van der Waals surface area contributed by atoms with Crippen molar-refractivity contribution in [3.05, 3.63) is 28.8 Å². The molecule has 0 bridgehead atoms. The minimum atomic E-state index is -0.721. The lowest BCUT2D eigenvalue weighted by Crippen LogP contribution is -2.46. The summed E-state index contributed by atoms with van der Waals surface area (Å²) in [5.74, 6) is 0.406. The maximum absolute atomic E-state index is 12.1. The first-order valence-corrected chi connectivity index (χ1v) is 7.83. The fourth-order valence-corrected chi connectivity index (χ4v) is 2.37. The van der Waals surface area contributed by atoms with Crippen molar-refractivity contribution in [3.63, 3.8) is 0 Å². The van der Waals surface area contributed by atoms with Crippen LogP contribution in [-0.4, -0.2) is 30.0 Å². The molecular formula is C13H18ClN3O2S. The minimum absolute atomic E-state index is 0.330. The van der Waals surface area contributed by atoms with Crippen molar-refractivity contribution >= 4 is 41.0 Å². The predicted molar refractivity (Wildman–Crippen MR) is 84.3 cm³/mol. The van der Waals surface area contributed by atoms with Crippen molar-refractivity contribution in [2.24, 2.45) is 5.73 Å². The zero-order valence-electron chi connectivity index (χ0n) is 11.4. The highest BCUT2D eigenvalue weighted by Gasteiger charge is 2.20. The van der Waals surface area contributed by atoms with E-state index < -0.39 is 12.1 Å². The number of rotatable bonds is 6. The van der Waals surface area contributed by atoms with Crippen LogP contribution in [0.5, 0.6) is 0 Å². The molecule has 0 aromatic heterocycles. The molecule has 1 atom stereocenters. The van der Waals surface area contributed by atoms with Gasteiger partial charge in [-0.25, -0.2) is 4.79 Å². The summed E-state index contributed by atoms with van der Waals surface area (Å²) < 4.78 is 0. The van der Waals surface area contributed by atoms with Gasteiger partial charge in [-0.1, -0.05) is 17.7 Å². The summed E-state index contributed by atoms with van der Waals surface area (Å²) in [5, 5.41) is 5.60. The van der Waals surface area contributed by atoms with Crippen LogP contribution in [0, 0.1) is 6.92 Å². The third kappa shape index (κ3) is 5.30. The van der Waals surface area contributed by atoms with Crippen LogP contribution in [0.15, 0.2) is 18.2 Å². The highest BCUT2D eigenvalue weighted by Crippen LogP contribution is 2.23. The maximum atomic E-state index is 12.1. The second-order valence-electron chi connectivity index (χ2n) is 4.32. The third-order valence-corrected chi connectivity index (χ3v) is 3.58. The Morgan fingerprint density at radius 2 is 2.15 bits per heavy atom. The average Bonchev–Trinajstić information content (AvgIpc) is 2.37. The topological polar surface area (TPSA) is 84.2 Å². The normalized spacial score (nSPS) is 11.8. The van der Waals surface area contributed by atoms with Gasteiger partial charge in [-0.05, 0) is 43.0 Å². The molecule has 0 aliphatic heterocycles. The smallest absolute Gasteiger partial charge is 0.312 e. The van der Waals surface area contributed by atoms with Crippen LogP contribution in [0.3, 0.4) is 0 Å². The maximum Gasteiger partial charge on any atom is 0.312 e. The summed E-state index contributed by atoms with van der Waals surface area (Å²) >= 11 is 7.65. The first-order chi connectivity index (χ1) is 9.43. The number of nitrogens with two attached hydrogens (primary N) is 1. The van der Waals surface area contributed by atoms with Crippen LogP contribution < -0.4 is 16.4 Å². The molecule has 0 heterocycles. The fraction of sp³-hybridized carbons (Fsp3) is 0.385. The Morgan fingerprint density at radius 1 is 1.45 bits per heavy atom. The lowest BCUT2D eigenvalue weighted by atomic mass is 10.2. The Hall–Kier alpha value is -1.40. The van der Waals surface area contributed by atoms with Crippen LogP contribution in [0.25, 0.3) is 0 Å². The molecule has 7 heteroatoms. The van der Waals surface area contributed by atoms with Crippen molar-refractivity contribution < 1.29 is 9.59 Å². The molecule has 1 aromatic carbocycles. The molecule has 4 N–H and O–H groups in total. The molecule has 0 spiro atoms. The predicted octanol–water partition coefficient (Wildman–Crippen LogP) is 2.38. The first kappa shape index (κ1) is 16.7.